The first-order valence-electron chi connectivity index (χ1n) is 11.1. The molecule has 2 aromatic rings. The van der Waals surface area contributed by atoms with E-state index in [2.05, 4.69) is 11.4 Å². The Hall–Kier alpha value is -2.64. The fourth-order valence-corrected chi connectivity index (χ4v) is 5.78. The van der Waals surface area contributed by atoms with Crippen LogP contribution in [0.3, 0.4) is 0 Å². The van der Waals surface area contributed by atoms with Gasteiger partial charge in [0, 0.05) is 40.8 Å². The number of allylic oxidation sites excluding steroid dienone is 3. The third kappa shape index (κ3) is 3.95. The van der Waals surface area contributed by atoms with Gasteiger partial charge in [-0.2, -0.15) is 0 Å². The SMILES string of the molecule is CC1=C(C(=O)OC[C@@H]2CCCO2)[C@H](c2ccc(C)o2)C2=C(C[C@@H](c3cccs3)CC2=O)N1. The number of thiophene rings is 1. The van der Waals surface area contributed by atoms with Gasteiger partial charge >= 0.3 is 5.97 Å². The van der Waals surface area contributed by atoms with Crippen LogP contribution >= 0.6 is 11.3 Å². The number of aryl methyl sites for hydroxylation is 1. The van der Waals surface area contributed by atoms with E-state index in [-0.39, 0.29) is 24.4 Å². The number of hydrogen-bond donors (Lipinski definition) is 1. The quantitative estimate of drug-likeness (QED) is 0.660. The van der Waals surface area contributed by atoms with Crippen molar-refractivity contribution in [3.05, 3.63) is 68.6 Å². The molecule has 2 aromatic heterocycles. The van der Waals surface area contributed by atoms with Crippen molar-refractivity contribution in [2.24, 2.45) is 0 Å². The number of Topliss-reactive ketones (excluding diaryl/α,β-unsaturated/α-hetero) is 1. The fraction of sp³-hybridized carbons (Fsp3) is 0.440. The second-order valence-corrected chi connectivity index (χ2v) is 9.69. The molecule has 7 heteroatoms. The zero-order chi connectivity index (χ0) is 22.2. The average Bonchev–Trinajstić information content (AvgIpc) is 3.53. The molecule has 3 aliphatic rings. The van der Waals surface area contributed by atoms with Gasteiger partial charge in [-0.3, -0.25) is 4.79 Å². The minimum absolute atomic E-state index is 0.0492. The maximum atomic E-state index is 13.4. The largest absolute Gasteiger partial charge is 0.465 e. The van der Waals surface area contributed by atoms with E-state index in [1.165, 1.54) is 4.88 Å². The molecule has 168 valence electrons. The van der Waals surface area contributed by atoms with Crippen molar-refractivity contribution in [3.8, 4) is 0 Å². The molecule has 4 heterocycles. The van der Waals surface area contributed by atoms with E-state index in [9.17, 15) is 9.59 Å². The first kappa shape index (κ1) is 21.2. The summed E-state index contributed by atoms with van der Waals surface area (Å²) in [6.07, 6.45) is 2.97. The van der Waals surface area contributed by atoms with E-state index in [0.29, 0.717) is 35.6 Å². The Morgan fingerprint density at radius 2 is 2.12 bits per heavy atom. The number of ketones is 1. The molecule has 0 aromatic carbocycles. The maximum absolute atomic E-state index is 13.4. The van der Waals surface area contributed by atoms with E-state index >= 15 is 0 Å². The van der Waals surface area contributed by atoms with Crippen molar-refractivity contribution in [1.29, 1.82) is 0 Å². The Morgan fingerprint density at radius 3 is 2.81 bits per heavy atom. The van der Waals surface area contributed by atoms with Crippen LogP contribution in [0.25, 0.3) is 0 Å². The molecule has 5 rings (SSSR count). The number of furan rings is 1. The molecule has 0 bridgehead atoms. The Morgan fingerprint density at radius 1 is 1.25 bits per heavy atom. The first-order valence-corrected chi connectivity index (χ1v) is 12.0. The highest BCUT2D eigenvalue weighted by atomic mass is 32.1. The van der Waals surface area contributed by atoms with Gasteiger partial charge in [-0.15, -0.1) is 11.3 Å². The Kier molecular flexibility index (Phi) is 5.78. The third-order valence-corrected chi connectivity index (χ3v) is 7.50. The van der Waals surface area contributed by atoms with Crippen LogP contribution in [0.1, 0.15) is 60.8 Å². The zero-order valence-corrected chi connectivity index (χ0v) is 19.1. The lowest BCUT2D eigenvalue weighted by atomic mass is 9.74. The third-order valence-electron chi connectivity index (χ3n) is 6.46. The molecular weight excluding hydrogens is 426 g/mol. The molecule has 0 unspecified atom stereocenters. The van der Waals surface area contributed by atoms with E-state index in [1.54, 1.807) is 11.3 Å². The number of carbonyl (C=O) groups excluding carboxylic acids is 2. The number of hydrogen-bond acceptors (Lipinski definition) is 7. The van der Waals surface area contributed by atoms with Crippen molar-refractivity contribution >= 4 is 23.1 Å². The summed E-state index contributed by atoms with van der Waals surface area (Å²) in [5.74, 6) is 0.549. The molecule has 32 heavy (non-hydrogen) atoms. The Balaban J connectivity index is 1.48. The van der Waals surface area contributed by atoms with Crippen LogP contribution in [0, 0.1) is 6.92 Å². The second-order valence-electron chi connectivity index (χ2n) is 8.71. The van der Waals surface area contributed by atoms with Gasteiger partial charge in [0.15, 0.2) is 5.78 Å². The summed E-state index contributed by atoms with van der Waals surface area (Å²) < 4.78 is 17.2. The van der Waals surface area contributed by atoms with Crippen LogP contribution in [-0.4, -0.2) is 31.1 Å². The number of rotatable bonds is 5. The molecule has 1 saturated heterocycles. The normalized spacial score (nSPS) is 25.7. The highest BCUT2D eigenvalue weighted by Gasteiger charge is 2.43. The molecule has 0 amide bonds. The number of ether oxygens (including phenoxy) is 2. The highest BCUT2D eigenvalue weighted by Crippen LogP contribution is 2.46. The van der Waals surface area contributed by atoms with Crippen LogP contribution in [0.4, 0.5) is 0 Å². The topological polar surface area (TPSA) is 77.8 Å². The summed E-state index contributed by atoms with van der Waals surface area (Å²) in [5.41, 5.74) is 2.66. The molecule has 0 radical (unpaired) electrons. The lowest BCUT2D eigenvalue weighted by molar-refractivity contribution is -0.142. The van der Waals surface area contributed by atoms with E-state index < -0.39 is 11.9 Å². The average molecular weight is 454 g/mol. The van der Waals surface area contributed by atoms with Gasteiger partial charge < -0.3 is 19.2 Å². The van der Waals surface area contributed by atoms with Crippen LogP contribution in [0.5, 0.6) is 0 Å². The van der Waals surface area contributed by atoms with Crippen molar-refractivity contribution < 1.29 is 23.5 Å². The number of esters is 1. The van der Waals surface area contributed by atoms with Crippen LogP contribution in [0.15, 0.2) is 56.6 Å². The lowest BCUT2D eigenvalue weighted by Crippen LogP contribution is -2.36. The van der Waals surface area contributed by atoms with Gasteiger partial charge in [0.1, 0.15) is 18.1 Å². The lowest BCUT2D eigenvalue weighted by Gasteiger charge is -2.35. The van der Waals surface area contributed by atoms with Gasteiger partial charge in [0.2, 0.25) is 0 Å². The van der Waals surface area contributed by atoms with Gasteiger partial charge in [-0.05, 0) is 56.7 Å². The van der Waals surface area contributed by atoms with E-state index in [1.807, 2.05) is 37.4 Å². The summed E-state index contributed by atoms with van der Waals surface area (Å²) in [5, 5.41) is 5.42. The highest BCUT2D eigenvalue weighted by molar-refractivity contribution is 7.10. The minimum atomic E-state index is -0.561. The summed E-state index contributed by atoms with van der Waals surface area (Å²) >= 11 is 1.68. The van der Waals surface area contributed by atoms with Gasteiger partial charge in [0.25, 0.3) is 0 Å². The van der Waals surface area contributed by atoms with E-state index in [0.717, 1.165) is 30.7 Å². The molecule has 6 nitrogen and oxygen atoms in total. The molecule has 3 atom stereocenters. The molecule has 1 aliphatic carbocycles. The first-order chi connectivity index (χ1) is 15.5. The second kappa shape index (κ2) is 8.71. The predicted octanol–water partition coefficient (Wildman–Crippen LogP) is 4.73. The van der Waals surface area contributed by atoms with Crippen LogP contribution < -0.4 is 5.32 Å². The van der Waals surface area contributed by atoms with Crippen molar-refractivity contribution in [3.63, 3.8) is 0 Å². The fourth-order valence-electron chi connectivity index (χ4n) is 4.95. The molecule has 1 N–H and O–H groups in total. The standard InChI is InChI=1S/C25H27NO5S/c1-14-7-8-20(31-14)24-22(25(28)30-13-17-5-3-9-29-17)15(2)26-18-11-16(12-19(27)23(18)24)21-6-4-10-32-21/h4,6-8,10,16-17,24,26H,3,5,9,11-13H2,1-2H3/t16-,17+,24+/m1/s1. The van der Waals surface area contributed by atoms with Gasteiger partial charge in [-0.25, -0.2) is 4.79 Å². The zero-order valence-electron chi connectivity index (χ0n) is 18.3. The van der Waals surface area contributed by atoms with Crippen molar-refractivity contribution in [1.82, 2.24) is 5.32 Å². The molecular formula is C25H27NO5S. The van der Waals surface area contributed by atoms with Gasteiger partial charge in [0.05, 0.1) is 17.6 Å². The Labute approximate surface area is 191 Å². The molecule has 0 saturated carbocycles. The predicted molar refractivity (Wildman–Crippen MR) is 120 cm³/mol. The summed E-state index contributed by atoms with van der Waals surface area (Å²) in [7, 11) is 0. The summed E-state index contributed by atoms with van der Waals surface area (Å²) in [4.78, 5) is 27.9. The number of nitrogens with one attached hydrogen (secondary N) is 1. The summed E-state index contributed by atoms with van der Waals surface area (Å²) in [6.45, 7) is 4.66. The molecule has 0 spiro atoms. The van der Waals surface area contributed by atoms with E-state index in [4.69, 9.17) is 13.9 Å². The maximum Gasteiger partial charge on any atom is 0.336 e. The van der Waals surface area contributed by atoms with Crippen molar-refractivity contribution in [2.75, 3.05) is 13.2 Å². The Bertz CT molecular complexity index is 1090. The number of dihydropyridines is 1. The molecule has 2 aliphatic heterocycles. The smallest absolute Gasteiger partial charge is 0.336 e. The minimum Gasteiger partial charge on any atom is -0.465 e. The van der Waals surface area contributed by atoms with Gasteiger partial charge in [-0.1, -0.05) is 6.07 Å². The molecule has 1 fully saturated rings. The monoisotopic (exact) mass is 453 g/mol. The summed E-state index contributed by atoms with van der Waals surface area (Å²) in [6, 6.07) is 7.82. The number of carbonyl (C=O) groups is 2. The van der Waals surface area contributed by atoms with Crippen LogP contribution in [-0.2, 0) is 19.1 Å². The van der Waals surface area contributed by atoms with Crippen molar-refractivity contribution in [2.45, 2.75) is 57.5 Å². The van der Waals surface area contributed by atoms with Crippen LogP contribution in [0.2, 0.25) is 0 Å².